The zero-order valence-corrected chi connectivity index (χ0v) is 24.0. The number of aromatic amines is 3. The van der Waals surface area contributed by atoms with Crippen LogP contribution in [0.5, 0.6) is 0 Å². The molecule has 13 nitrogen and oxygen atoms in total. The maximum atomic E-state index is 8.55. The van der Waals surface area contributed by atoms with Crippen molar-refractivity contribution in [3.05, 3.63) is 73.6 Å². The molecule has 0 radical (unpaired) electrons. The fourth-order valence-electron chi connectivity index (χ4n) is 4.23. The van der Waals surface area contributed by atoms with Crippen molar-refractivity contribution in [2.45, 2.75) is 0 Å². The van der Waals surface area contributed by atoms with Crippen molar-refractivity contribution >= 4 is 24.9 Å². The summed E-state index contributed by atoms with van der Waals surface area (Å²) >= 11 is 0. The third kappa shape index (κ3) is 13.8. The number of phosphoric acid groups is 1. The molecule has 0 unspecified atom stereocenters. The predicted molar refractivity (Wildman–Crippen MR) is 146 cm³/mol. The highest BCUT2D eigenvalue weighted by Crippen LogP contribution is 2.14. The first kappa shape index (κ1) is 32.4. The van der Waals surface area contributed by atoms with Crippen LogP contribution in [0.3, 0.4) is 0 Å². The molecular formula is C27H39N6O7P. The Morgan fingerprint density at radius 2 is 0.683 bits per heavy atom. The number of aromatic nitrogens is 3. The van der Waals surface area contributed by atoms with Gasteiger partial charge in [-0.05, 0) is 0 Å². The molecule has 0 spiro atoms. The first-order valence-electron chi connectivity index (χ1n) is 13.5. The van der Waals surface area contributed by atoms with Crippen molar-refractivity contribution in [1.29, 1.82) is 0 Å². The third-order valence-corrected chi connectivity index (χ3v) is 6.23. The van der Waals surface area contributed by atoms with Crippen LogP contribution in [0.25, 0.3) is 0 Å². The zero-order chi connectivity index (χ0) is 29.2. The average Bonchev–Trinajstić information content (AvgIpc) is 3.04. The smallest absolute Gasteiger partial charge is 0.169 e. The van der Waals surface area contributed by atoms with Gasteiger partial charge in [-0.3, -0.25) is 0 Å². The Balaban J connectivity index is 0.000000157. The Bertz CT molecular complexity index is 977. The topological polar surface area (TPSA) is 166 Å². The van der Waals surface area contributed by atoms with E-state index in [0.29, 0.717) is 0 Å². The quantitative estimate of drug-likeness (QED) is 0.317. The first-order chi connectivity index (χ1) is 19.9. The summed E-state index contributed by atoms with van der Waals surface area (Å²) in [5.74, 6) is 0. The molecule has 3 saturated heterocycles. The van der Waals surface area contributed by atoms with Gasteiger partial charge in [-0.2, -0.15) is 7.82 Å². The van der Waals surface area contributed by atoms with Crippen LogP contribution in [0.4, 0.5) is 17.1 Å². The number of morpholine rings is 3. The maximum absolute atomic E-state index is 8.55. The molecule has 3 N–H and O–H groups in total. The lowest BCUT2D eigenvalue weighted by Gasteiger charge is -2.36. The number of hydrogen-bond donors (Lipinski definition) is 0. The second-order valence-electron chi connectivity index (χ2n) is 9.02. The predicted octanol–water partition coefficient (Wildman–Crippen LogP) is -1.81. The van der Waals surface area contributed by atoms with Gasteiger partial charge in [0.1, 0.15) is 0 Å². The largest absolute Gasteiger partial charge is 0.822 e. The van der Waals surface area contributed by atoms with Crippen LogP contribution in [0.1, 0.15) is 0 Å². The molecule has 0 atom stereocenters. The lowest BCUT2D eigenvalue weighted by Crippen LogP contribution is -2.36. The van der Waals surface area contributed by atoms with Crippen LogP contribution in [0, 0.1) is 0 Å². The van der Waals surface area contributed by atoms with Crippen molar-refractivity contribution in [2.75, 3.05) is 93.6 Å². The van der Waals surface area contributed by atoms with Crippen LogP contribution in [-0.4, -0.2) is 78.9 Å². The number of rotatable bonds is 3. The maximum Gasteiger partial charge on any atom is 0.169 e. The van der Waals surface area contributed by atoms with Crippen LogP contribution >= 0.6 is 7.82 Å². The monoisotopic (exact) mass is 590 g/mol. The Labute approximate surface area is 240 Å². The van der Waals surface area contributed by atoms with E-state index >= 15 is 0 Å². The molecule has 3 aromatic heterocycles. The van der Waals surface area contributed by atoms with Gasteiger partial charge in [-0.1, -0.05) is 0 Å². The van der Waals surface area contributed by atoms with E-state index < -0.39 is 7.82 Å². The van der Waals surface area contributed by atoms with Crippen LogP contribution in [0.2, 0.25) is 0 Å². The molecule has 0 saturated carbocycles. The molecule has 3 fully saturated rings. The summed E-state index contributed by atoms with van der Waals surface area (Å²) in [5, 5.41) is 0. The minimum absolute atomic E-state index is 0.846. The second-order valence-corrected chi connectivity index (χ2v) is 9.91. The van der Waals surface area contributed by atoms with E-state index in [2.05, 4.69) is 66.0 Å². The van der Waals surface area contributed by atoms with Gasteiger partial charge in [0.05, 0.1) is 39.6 Å². The second kappa shape index (κ2) is 18.3. The summed E-state index contributed by atoms with van der Waals surface area (Å²) in [6, 6.07) is 12.5. The van der Waals surface area contributed by atoms with Gasteiger partial charge in [0.2, 0.25) is 0 Å². The van der Waals surface area contributed by atoms with E-state index in [4.69, 9.17) is 33.5 Å². The van der Waals surface area contributed by atoms with Gasteiger partial charge in [0, 0.05) is 92.7 Å². The number of nitrogens with zero attached hydrogens (tertiary/aromatic N) is 3. The number of ether oxygens (including phenoxy) is 3. The van der Waals surface area contributed by atoms with Crippen molar-refractivity contribution in [2.24, 2.45) is 0 Å². The highest BCUT2D eigenvalue weighted by molar-refractivity contribution is 7.40. The first-order valence-corrected chi connectivity index (χ1v) is 15.0. The zero-order valence-electron chi connectivity index (χ0n) is 23.1. The molecule has 3 aliphatic rings. The molecular weight excluding hydrogens is 551 g/mol. The Hall–Kier alpha value is -3.16. The Morgan fingerprint density at radius 3 is 0.878 bits per heavy atom. The molecule has 6 rings (SSSR count). The fraction of sp³-hybridized carbons (Fsp3) is 0.444. The number of anilines is 3. The summed E-state index contributed by atoms with van der Waals surface area (Å²) in [5.41, 5.74) is 3.83. The Morgan fingerprint density at radius 1 is 0.488 bits per heavy atom. The van der Waals surface area contributed by atoms with Crippen LogP contribution < -0.4 is 44.3 Å². The Kier molecular flexibility index (Phi) is 14.4. The van der Waals surface area contributed by atoms with Crippen LogP contribution in [0.15, 0.2) is 73.6 Å². The molecule has 3 aliphatic heterocycles. The molecule has 0 amide bonds. The SMILES string of the molecule is O=P([O-])([O-])[O-].c1cc(N2CCOCC2)cc[nH+]1.c1cc(N2CCOCC2)cc[nH+]1.c1cc(N2CCOCC2)cc[nH+]1. The molecule has 14 heteroatoms. The average molecular weight is 591 g/mol. The molecule has 224 valence electrons. The fourth-order valence-corrected chi connectivity index (χ4v) is 4.23. The standard InChI is InChI=1S/3C9H12N2O.H3O4P/c3*1-3-10-4-2-9(1)11-5-7-12-8-6-11;1-5(2,3)4/h3*1-4H,5-8H2;(H3,1,2,3,4). The summed E-state index contributed by atoms with van der Waals surface area (Å²) in [7, 11) is -5.39. The molecule has 6 heterocycles. The highest BCUT2D eigenvalue weighted by atomic mass is 31.2. The van der Waals surface area contributed by atoms with Crippen molar-refractivity contribution in [3.63, 3.8) is 0 Å². The van der Waals surface area contributed by atoms with Gasteiger partial charge < -0.3 is 48.2 Å². The highest BCUT2D eigenvalue weighted by Gasteiger charge is 2.12. The molecule has 41 heavy (non-hydrogen) atoms. The van der Waals surface area contributed by atoms with Gasteiger partial charge in [-0.25, -0.2) is 15.0 Å². The lowest BCUT2D eigenvalue weighted by atomic mass is 10.3. The van der Waals surface area contributed by atoms with E-state index in [-0.39, 0.29) is 0 Å². The summed E-state index contributed by atoms with van der Waals surface area (Å²) < 4.78 is 24.4. The van der Waals surface area contributed by atoms with E-state index in [1.165, 1.54) is 17.1 Å². The number of nitrogens with one attached hydrogen (secondary N) is 3. The summed E-state index contributed by atoms with van der Waals surface area (Å²) in [6.07, 6.45) is 11.7. The summed E-state index contributed by atoms with van der Waals surface area (Å²) in [6.45, 7) is 11.1. The van der Waals surface area contributed by atoms with Crippen molar-refractivity contribution in [3.8, 4) is 0 Å². The van der Waals surface area contributed by atoms with E-state index in [0.717, 1.165) is 78.9 Å². The number of pyridine rings is 3. The van der Waals surface area contributed by atoms with Crippen LogP contribution in [-0.2, 0) is 18.8 Å². The van der Waals surface area contributed by atoms with Gasteiger partial charge in [-0.15, -0.1) is 0 Å². The van der Waals surface area contributed by atoms with Crippen molar-refractivity contribution < 1.29 is 48.4 Å². The normalized spacial score (nSPS) is 17.1. The van der Waals surface area contributed by atoms with E-state index in [1.807, 2.05) is 37.2 Å². The van der Waals surface area contributed by atoms with Gasteiger partial charge >= 0.3 is 0 Å². The van der Waals surface area contributed by atoms with E-state index in [1.54, 1.807) is 0 Å². The summed E-state index contributed by atoms with van der Waals surface area (Å²) in [4.78, 5) is 41.7. The van der Waals surface area contributed by atoms with Crippen molar-refractivity contribution in [1.82, 2.24) is 0 Å². The minimum Gasteiger partial charge on any atom is -0.822 e. The van der Waals surface area contributed by atoms with Gasteiger partial charge in [0.25, 0.3) is 0 Å². The number of hydrogen-bond acceptors (Lipinski definition) is 10. The third-order valence-electron chi connectivity index (χ3n) is 6.23. The molecule has 0 bridgehead atoms. The minimum atomic E-state index is -5.39. The number of H-pyrrole nitrogens is 3. The molecule has 0 aromatic carbocycles. The lowest BCUT2D eigenvalue weighted by molar-refractivity contribution is -0.432. The molecule has 0 aliphatic carbocycles. The molecule has 3 aromatic rings. The van der Waals surface area contributed by atoms with E-state index in [9.17, 15) is 0 Å². The van der Waals surface area contributed by atoms with Gasteiger partial charge in [0.15, 0.2) is 37.2 Å².